The van der Waals surface area contributed by atoms with Crippen LogP contribution in [0, 0.1) is 24.7 Å². The lowest BCUT2D eigenvalue weighted by Crippen LogP contribution is -1.85. The molecule has 6 heterocycles. The Labute approximate surface area is 284 Å². The molecule has 6 aromatic heterocycles. The van der Waals surface area contributed by atoms with Gasteiger partial charge in [0.1, 0.15) is 10.0 Å². The third-order valence-electron chi connectivity index (χ3n) is 7.57. The molecule has 6 rings (SSSR count). The Balaban J connectivity index is 1.16. The van der Waals surface area contributed by atoms with E-state index in [1.165, 1.54) is 91.8 Å². The van der Waals surface area contributed by atoms with E-state index in [0.29, 0.717) is 0 Å². The van der Waals surface area contributed by atoms with Crippen molar-refractivity contribution in [1.82, 2.24) is 9.97 Å². The number of aryl methyl sites for hydroxylation is 2. The Morgan fingerprint density at radius 3 is 1.36 bits per heavy atom. The molecule has 0 fully saturated rings. The Hall–Kier alpha value is -2.56. The first-order chi connectivity index (χ1) is 21.6. The highest BCUT2D eigenvalue weighted by atomic mass is 32.1. The Kier molecular flexibility index (Phi) is 10.5. The van der Waals surface area contributed by atoms with Crippen LogP contribution in [0.25, 0.3) is 48.9 Å². The standard InChI is InChI=1S/C36H34N2S6/c1-5-9-11-13-15-23-21-31(39-25(23)7-3)27-17-19-29(41-27)33-37-35-36(43-33)38-34(44-35)30-20-18-28(42-30)32-22-24(26(8-4)40-32)16-14-12-10-6-2/h3-4,17-22H,5-6,9-16H2,1-2H3. The van der Waals surface area contributed by atoms with Crippen LogP contribution >= 0.6 is 68.0 Å². The monoisotopic (exact) mass is 686 g/mol. The molecular weight excluding hydrogens is 653 g/mol. The zero-order chi connectivity index (χ0) is 30.5. The van der Waals surface area contributed by atoms with Gasteiger partial charge in [0.2, 0.25) is 0 Å². The molecule has 6 aromatic rings. The molecule has 0 saturated carbocycles. The lowest BCUT2D eigenvalue weighted by Gasteiger charge is -1.98. The van der Waals surface area contributed by atoms with E-state index in [1.54, 1.807) is 68.0 Å². The number of rotatable bonds is 14. The second-order valence-electron chi connectivity index (χ2n) is 10.8. The number of thiophene rings is 4. The number of unbranched alkanes of at least 4 members (excludes halogenated alkanes) is 6. The van der Waals surface area contributed by atoms with Crippen molar-refractivity contribution >= 4 is 77.7 Å². The second kappa shape index (κ2) is 14.7. The van der Waals surface area contributed by atoms with Crippen LogP contribution < -0.4 is 0 Å². The molecule has 8 heteroatoms. The molecule has 0 aromatic carbocycles. The van der Waals surface area contributed by atoms with Crippen LogP contribution in [0.5, 0.6) is 0 Å². The van der Waals surface area contributed by atoms with Crippen LogP contribution in [-0.2, 0) is 12.8 Å². The van der Waals surface area contributed by atoms with Crippen LogP contribution in [-0.4, -0.2) is 9.97 Å². The summed E-state index contributed by atoms with van der Waals surface area (Å²) in [6.45, 7) is 4.50. The van der Waals surface area contributed by atoms with E-state index >= 15 is 0 Å². The normalized spacial score (nSPS) is 11.4. The maximum Gasteiger partial charge on any atom is 0.155 e. The zero-order valence-corrected chi connectivity index (χ0v) is 29.9. The summed E-state index contributed by atoms with van der Waals surface area (Å²) >= 11 is 10.4. The van der Waals surface area contributed by atoms with Gasteiger partial charge >= 0.3 is 0 Å². The van der Waals surface area contributed by atoms with E-state index in [-0.39, 0.29) is 0 Å². The van der Waals surface area contributed by atoms with Crippen LogP contribution in [0.3, 0.4) is 0 Å². The summed E-state index contributed by atoms with van der Waals surface area (Å²) in [5.74, 6) is 5.85. The van der Waals surface area contributed by atoms with E-state index in [9.17, 15) is 0 Å². The van der Waals surface area contributed by atoms with Crippen molar-refractivity contribution in [2.75, 3.05) is 0 Å². The van der Waals surface area contributed by atoms with Gasteiger partial charge in [-0.3, -0.25) is 0 Å². The number of aromatic nitrogens is 2. The average molecular weight is 687 g/mol. The molecule has 2 nitrogen and oxygen atoms in total. The van der Waals surface area contributed by atoms with Crippen molar-refractivity contribution < 1.29 is 0 Å². The van der Waals surface area contributed by atoms with Gasteiger partial charge in [-0.25, -0.2) is 9.97 Å². The van der Waals surface area contributed by atoms with Gasteiger partial charge in [0.05, 0.1) is 19.5 Å². The first-order valence-corrected chi connectivity index (χ1v) is 20.2. The molecule has 0 unspecified atom stereocenters. The minimum absolute atomic E-state index is 1.00. The van der Waals surface area contributed by atoms with Gasteiger partial charge in [-0.2, -0.15) is 0 Å². The molecule has 0 N–H and O–H groups in total. The number of hydrogen-bond donors (Lipinski definition) is 0. The molecule has 0 atom stereocenters. The number of thiazole rings is 2. The van der Waals surface area contributed by atoms with Gasteiger partial charge in [-0.05, 0) is 73.2 Å². The van der Waals surface area contributed by atoms with Crippen LogP contribution in [0.4, 0.5) is 0 Å². The third-order valence-corrected chi connectivity index (χ3v) is 14.7. The van der Waals surface area contributed by atoms with Gasteiger partial charge in [-0.15, -0.1) is 58.2 Å². The van der Waals surface area contributed by atoms with Gasteiger partial charge in [0.15, 0.2) is 9.66 Å². The summed E-state index contributed by atoms with van der Waals surface area (Å²) in [5, 5.41) is 2.07. The van der Waals surface area contributed by atoms with Crippen molar-refractivity contribution in [2.24, 2.45) is 0 Å². The first kappa shape index (κ1) is 31.4. The van der Waals surface area contributed by atoms with Crippen LogP contribution in [0.15, 0.2) is 36.4 Å². The third kappa shape index (κ3) is 6.97. The molecule has 0 amide bonds. The fourth-order valence-electron chi connectivity index (χ4n) is 5.22. The first-order valence-electron chi connectivity index (χ1n) is 15.3. The van der Waals surface area contributed by atoms with E-state index in [4.69, 9.17) is 22.8 Å². The predicted molar refractivity (Wildman–Crippen MR) is 200 cm³/mol. The van der Waals surface area contributed by atoms with E-state index < -0.39 is 0 Å². The molecule has 0 aliphatic rings. The highest BCUT2D eigenvalue weighted by Gasteiger charge is 2.18. The maximum atomic E-state index is 5.87. The number of nitrogens with zero attached hydrogens (tertiary/aromatic N) is 2. The minimum atomic E-state index is 1.00. The minimum Gasteiger partial charge on any atom is -0.222 e. The lowest BCUT2D eigenvalue weighted by molar-refractivity contribution is 0.667. The summed E-state index contributed by atoms with van der Waals surface area (Å²) < 4.78 is 0. The number of fused-ring (bicyclic) bond motifs is 1. The molecule has 0 spiro atoms. The smallest absolute Gasteiger partial charge is 0.155 e. The summed E-state index contributed by atoms with van der Waals surface area (Å²) in [4.78, 5) is 21.6. The molecule has 0 aliphatic heterocycles. The highest BCUT2D eigenvalue weighted by Crippen LogP contribution is 2.45. The Morgan fingerprint density at radius 1 is 0.523 bits per heavy atom. The fourth-order valence-corrected chi connectivity index (χ4v) is 11.6. The topological polar surface area (TPSA) is 25.8 Å². The lowest BCUT2D eigenvalue weighted by atomic mass is 10.1. The van der Waals surface area contributed by atoms with Crippen molar-refractivity contribution in [3.63, 3.8) is 0 Å². The number of terminal acetylenes is 2. The molecule has 0 saturated heterocycles. The largest absolute Gasteiger partial charge is 0.222 e. The molecular formula is C36H34N2S6. The molecule has 0 radical (unpaired) electrons. The van der Waals surface area contributed by atoms with Crippen LogP contribution in [0.2, 0.25) is 0 Å². The SMILES string of the molecule is C#Cc1sc(-c2ccc(-c3nc4sc(-c5ccc(-c6cc(CCCCCC)c(C#C)s6)s5)nc4s3)s2)cc1CCCCCC. The molecule has 44 heavy (non-hydrogen) atoms. The molecule has 224 valence electrons. The van der Waals surface area contributed by atoms with Crippen molar-refractivity contribution in [3.8, 4) is 64.0 Å². The second-order valence-corrected chi connectivity index (χ2v) is 17.0. The summed E-state index contributed by atoms with van der Waals surface area (Å²) in [5.41, 5.74) is 2.64. The van der Waals surface area contributed by atoms with Crippen molar-refractivity contribution in [1.29, 1.82) is 0 Å². The number of hydrogen-bond acceptors (Lipinski definition) is 8. The van der Waals surface area contributed by atoms with Gasteiger partial charge < -0.3 is 0 Å². The summed E-state index contributed by atoms with van der Waals surface area (Å²) in [7, 11) is 0. The quantitative estimate of drug-likeness (QED) is 0.0842. The highest BCUT2D eigenvalue weighted by molar-refractivity contribution is 7.33. The summed E-state index contributed by atoms with van der Waals surface area (Å²) in [6.07, 6.45) is 23.9. The van der Waals surface area contributed by atoms with E-state index in [1.807, 2.05) is 0 Å². The van der Waals surface area contributed by atoms with E-state index in [2.05, 4.69) is 62.1 Å². The fraction of sp³-hybridized carbons (Fsp3) is 0.333. The van der Waals surface area contributed by atoms with Gasteiger partial charge in [0, 0.05) is 19.5 Å². The van der Waals surface area contributed by atoms with Crippen molar-refractivity contribution in [3.05, 3.63) is 57.3 Å². The molecule has 0 bridgehead atoms. The summed E-state index contributed by atoms with van der Waals surface area (Å²) in [6, 6.07) is 13.4. The predicted octanol–water partition coefficient (Wildman–Crippen LogP) is 12.9. The Morgan fingerprint density at radius 2 is 0.955 bits per heavy atom. The van der Waals surface area contributed by atoms with Crippen LogP contribution in [0.1, 0.15) is 86.1 Å². The van der Waals surface area contributed by atoms with E-state index in [0.717, 1.165) is 42.3 Å². The van der Waals surface area contributed by atoms with Gasteiger partial charge in [0.25, 0.3) is 0 Å². The Bertz CT molecular complexity index is 1770. The average Bonchev–Trinajstić information content (AvgIpc) is 3.86. The zero-order valence-electron chi connectivity index (χ0n) is 25.0. The molecule has 0 aliphatic carbocycles. The van der Waals surface area contributed by atoms with Gasteiger partial charge in [-0.1, -0.05) is 86.9 Å². The maximum absolute atomic E-state index is 5.87. The van der Waals surface area contributed by atoms with Crippen molar-refractivity contribution in [2.45, 2.75) is 78.1 Å².